The second-order valence-electron chi connectivity index (χ2n) is 2.80. The third kappa shape index (κ3) is 2.16. The van der Waals surface area contributed by atoms with Gasteiger partial charge in [-0.15, -0.1) is 0 Å². The molecule has 0 fully saturated rings. The van der Waals surface area contributed by atoms with Crippen molar-refractivity contribution in [3.8, 4) is 0 Å². The standard InChI is InChI=1S/C9H6Cl2N4/c10-6-3-5(12)4-7(11)8(6)15-9-13-1-2-14-9/h1-4H,12H2. The Bertz CT molecular complexity index is 454. The fourth-order valence-corrected chi connectivity index (χ4v) is 1.67. The molecule has 0 bridgehead atoms. The van der Waals surface area contributed by atoms with Gasteiger partial charge >= 0.3 is 0 Å². The van der Waals surface area contributed by atoms with E-state index in [2.05, 4.69) is 15.0 Å². The molecular formula is C9H6Cl2N4. The largest absolute Gasteiger partial charge is 0.399 e. The number of hydrogen-bond donors (Lipinski definition) is 1. The Balaban J connectivity index is 2.49. The first-order valence-corrected chi connectivity index (χ1v) is 4.82. The highest BCUT2D eigenvalue weighted by Gasteiger charge is 2.08. The number of rotatable bonds is 1. The summed E-state index contributed by atoms with van der Waals surface area (Å²) in [6, 6.07) is 3.16. The van der Waals surface area contributed by atoms with Crippen molar-refractivity contribution in [2.75, 3.05) is 5.73 Å². The van der Waals surface area contributed by atoms with Gasteiger partial charge in [0.05, 0.1) is 10.0 Å². The molecule has 76 valence electrons. The average Bonchev–Trinajstić information content (AvgIpc) is 2.63. The summed E-state index contributed by atoms with van der Waals surface area (Å²) in [5.74, 6) is 0.323. The third-order valence-electron chi connectivity index (χ3n) is 1.70. The third-order valence-corrected chi connectivity index (χ3v) is 2.27. The fourth-order valence-electron chi connectivity index (χ4n) is 1.08. The van der Waals surface area contributed by atoms with Crippen molar-refractivity contribution in [1.82, 2.24) is 0 Å². The van der Waals surface area contributed by atoms with Gasteiger partial charge in [-0.25, -0.2) is 15.0 Å². The molecule has 1 aliphatic rings. The van der Waals surface area contributed by atoms with Crippen LogP contribution in [0.15, 0.2) is 27.1 Å². The molecule has 0 spiro atoms. The molecule has 2 rings (SSSR count). The van der Waals surface area contributed by atoms with Gasteiger partial charge in [-0.2, -0.15) is 0 Å². The minimum atomic E-state index is 0.323. The zero-order valence-corrected chi connectivity index (χ0v) is 9.00. The van der Waals surface area contributed by atoms with Crippen LogP contribution in [0, 0.1) is 0 Å². The molecule has 4 nitrogen and oxygen atoms in total. The summed E-state index contributed by atoms with van der Waals surface area (Å²) in [6.07, 6.45) is 3.08. The van der Waals surface area contributed by atoms with Crippen molar-refractivity contribution >= 4 is 53.0 Å². The molecule has 0 unspecified atom stereocenters. The number of benzene rings is 1. The lowest BCUT2D eigenvalue weighted by atomic mass is 10.3. The molecule has 15 heavy (non-hydrogen) atoms. The number of nitrogen functional groups attached to an aromatic ring is 1. The maximum atomic E-state index is 5.94. The van der Waals surface area contributed by atoms with Crippen LogP contribution in [0.1, 0.15) is 0 Å². The predicted octanol–water partition coefficient (Wildman–Crippen LogP) is 2.72. The molecule has 1 aromatic rings. The van der Waals surface area contributed by atoms with Gasteiger partial charge in [-0.05, 0) is 12.1 Å². The van der Waals surface area contributed by atoms with E-state index in [1.54, 1.807) is 12.1 Å². The maximum Gasteiger partial charge on any atom is 0.250 e. The minimum Gasteiger partial charge on any atom is -0.399 e. The smallest absolute Gasteiger partial charge is 0.250 e. The second kappa shape index (κ2) is 4.00. The Hall–Kier alpha value is -1.39. The van der Waals surface area contributed by atoms with Crippen molar-refractivity contribution in [1.29, 1.82) is 0 Å². The van der Waals surface area contributed by atoms with Crippen molar-refractivity contribution in [3.63, 3.8) is 0 Å². The van der Waals surface area contributed by atoms with E-state index in [1.807, 2.05) is 0 Å². The summed E-state index contributed by atoms with van der Waals surface area (Å²) >= 11 is 11.9. The minimum absolute atomic E-state index is 0.323. The van der Waals surface area contributed by atoms with Crippen molar-refractivity contribution in [2.24, 2.45) is 15.0 Å². The van der Waals surface area contributed by atoms with E-state index in [4.69, 9.17) is 28.9 Å². The highest BCUT2D eigenvalue weighted by molar-refractivity contribution is 6.39. The fraction of sp³-hybridized carbons (Fsp3) is 0. The molecule has 0 radical (unpaired) electrons. The molecule has 1 heterocycles. The Morgan fingerprint density at radius 3 is 2.13 bits per heavy atom. The zero-order valence-electron chi connectivity index (χ0n) is 7.48. The van der Waals surface area contributed by atoms with Crippen LogP contribution >= 0.6 is 23.2 Å². The van der Waals surface area contributed by atoms with Crippen molar-refractivity contribution < 1.29 is 0 Å². The second-order valence-corrected chi connectivity index (χ2v) is 3.62. The van der Waals surface area contributed by atoms with E-state index >= 15 is 0 Å². The lowest BCUT2D eigenvalue weighted by Crippen LogP contribution is -1.87. The summed E-state index contributed by atoms with van der Waals surface area (Å²) in [7, 11) is 0. The van der Waals surface area contributed by atoms with Crippen LogP contribution in [0.25, 0.3) is 0 Å². The number of guanidine groups is 1. The van der Waals surface area contributed by atoms with Crippen LogP contribution in [0.2, 0.25) is 10.0 Å². The lowest BCUT2D eigenvalue weighted by molar-refractivity contribution is 1.44. The molecule has 0 amide bonds. The van der Waals surface area contributed by atoms with E-state index < -0.39 is 0 Å². The first kappa shape index (κ1) is 10.1. The highest BCUT2D eigenvalue weighted by atomic mass is 35.5. The summed E-state index contributed by atoms with van der Waals surface area (Å²) < 4.78 is 0. The number of halogens is 2. The van der Waals surface area contributed by atoms with E-state index in [9.17, 15) is 0 Å². The molecule has 6 heteroatoms. The van der Waals surface area contributed by atoms with Gasteiger partial charge in [0.1, 0.15) is 5.69 Å². The van der Waals surface area contributed by atoms with Gasteiger partial charge in [0.25, 0.3) is 0 Å². The quantitative estimate of drug-likeness (QED) is 0.755. The topological polar surface area (TPSA) is 63.1 Å². The van der Waals surface area contributed by atoms with Crippen LogP contribution in [-0.4, -0.2) is 18.4 Å². The van der Waals surface area contributed by atoms with Gasteiger partial charge in [0, 0.05) is 18.1 Å². The number of hydrogen-bond acceptors (Lipinski definition) is 2. The maximum absolute atomic E-state index is 5.94. The molecule has 0 aliphatic carbocycles. The van der Waals surface area contributed by atoms with Crippen molar-refractivity contribution in [3.05, 3.63) is 22.2 Å². The van der Waals surface area contributed by atoms with Crippen molar-refractivity contribution in [2.45, 2.75) is 0 Å². The van der Waals surface area contributed by atoms with Gasteiger partial charge < -0.3 is 5.73 Å². The number of nitrogens with two attached hydrogens (primary N) is 1. The molecule has 1 aromatic carbocycles. The Morgan fingerprint density at radius 1 is 1.07 bits per heavy atom. The average molecular weight is 241 g/mol. The molecule has 0 aromatic heterocycles. The van der Waals surface area contributed by atoms with Crippen LogP contribution in [0.5, 0.6) is 0 Å². The van der Waals surface area contributed by atoms with Gasteiger partial charge in [0.15, 0.2) is 0 Å². The predicted molar refractivity (Wildman–Crippen MR) is 65.0 cm³/mol. The normalized spacial score (nSPS) is 13.6. The molecule has 0 saturated heterocycles. The highest BCUT2D eigenvalue weighted by Crippen LogP contribution is 2.35. The molecule has 1 aliphatic heterocycles. The van der Waals surface area contributed by atoms with Gasteiger partial charge in [-0.1, -0.05) is 23.2 Å². The zero-order chi connectivity index (χ0) is 10.8. The molecule has 2 N–H and O–H groups in total. The first-order chi connectivity index (χ1) is 7.16. The van der Waals surface area contributed by atoms with Gasteiger partial charge in [0.2, 0.25) is 5.96 Å². The van der Waals surface area contributed by atoms with Crippen LogP contribution in [-0.2, 0) is 0 Å². The monoisotopic (exact) mass is 240 g/mol. The van der Waals surface area contributed by atoms with Gasteiger partial charge in [-0.3, -0.25) is 0 Å². The lowest BCUT2D eigenvalue weighted by Gasteiger charge is -2.02. The Labute approximate surface area is 96.2 Å². The summed E-state index contributed by atoms with van der Waals surface area (Å²) in [5, 5.41) is 0.759. The SMILES string of the molecule is Nc1cc(Cl)c(N=C2N=CC=N2)c(Cl)c1. The summed E-state index contributed by atoms with van der Waals surface area (Å²) in [5.41, 5.74) is 6.48. The van der Waals surface area contributed by atoms with E-state index in [-0.39, 0.29) is 0 Å². The summed E-state index contributed by atoms with van der Waals surface area (Å²) in [4.78, 5) is 11.9. The summed E-state index contributed by atoms with van der Waals surface area (Å²) in [6.45, 7) is 0. The molecule has 0 saturated carbocycles. The van der Waals surface area contributed by atoms with E-state index in [1.165, 1.54) is 12.4 Å². The number of nitrogens with zero attached hydrogens (tertiary/aromatic N) is 3. The molecular weight excluding hydrogens is 235 g/mol. The number of anilines is 1. The van der Waals surface area contributed by atoms with Crippen LogP contribution in [0.4, 0.5) is 11.4 Å². The van der Waals surface area contributed by atoms with E-state index in [0.29, 0.717) is 27.4 Å². The van der Waals surface area contributed by atoms with Crippen LogP contribution < -0.4 is 5.73 Å². The molecule has 0 atom stereocenters. The Morgan fingerprint density at radius 2 is 1.60 bits per heavy atom. The van der Waals surface area contributed by atoms with Crippen LogP contribution in [0.3, 0.4) is 0 Å². The first-order valence-electron chi connectivity index (χ1n) is 4.07. The Kier molecular flexibility index (Phi) is 2.70. The number of aliphatic imine (C=N–C) groups is 3. The van der Waals surface area contributed by atoms with E-state index in [0.717, 1.165) is 0 Å².